The van der Waals surface area contributed by atoms with Crippen LogP contribution in [0.15, 0.2) is 53.6 Å². The van der Waals surface area contributed by atoms with E-state index in [1.54, 1.807) is 18.2 Å². The van der Waals surface area contributed by atoms with Crippen LogP contribution < -0.4 is 5.43 Å². The standard InChI is InChI=1S/C16H13FN2O3/c17-13-7-5-11(6-8-13)9-15(20)19-18-10-12-3-1-2-4-14(12)16(21)22/h1-8,10H,9H2,(H,19,20)(H,21,22). The number of hydrogen-bond donors (Lipinski definition) is 2. The minimum Gasteiger partial charge on any atom is -0.478 e. The average Bonchev–Trinajstić information content (AvgIpc) is 2.50. The Hall–Kier alpha value is -3.02. The molecule has 6 heteroatoms. The zero-order chi connectivity index (χ0) is 15.9. The summed E-state index contributed by atoms with van der Waals surface area (Å²) in [5, 5.41) is 12.7. The zero-order valence-corrected chi connectivity index (χ0v) is 11.5. The van der Waals surface area contributed by atoms with E-state index < -0.39 is 5.97 Å². The topological polar surface area (TPSA) is 78.8 Å². The Morgan fingerprint density at radius 1 is 1.14 bits per heavy atom. The summed E-state index contributed by atoms with van der Waals surface area (Å²) in [5.74, 6) is -1.82. The molecule has 0 aromatic heterocycles. The van der Waals surface area contributed by atoms with Crippen molar-refractivity contribution in [2.45, 2.75) is 6.42 Å². The van der Waals surface area contributed by atoms with Crippen molar-refractivity contribution in [2.75, 3.05) is 0 Å². The number of carbonyl (C=O) groups excluding carboxylic acids is 1. The van der Waals surface area contributed by atoms with E-state index in [1.807, 2.05) is 0 Å². The second kappa shape index (κ2) is 7.12. The molecule has 112 valence electrons. The third-order valence-corrected chi connectivity index (χ3v) is 2.86. The average molecular weight is 300 g/mol. The fraction of sp³-hybridized carbons (Fsp3) is 0.0625. The summed E-state index contributed by atoms with van der Waals surface area (Å²) in [6.07, 6.45) is 1.32. The van der Waals surface area contributed by atoms with E-state index in [1.165, 1.54) is 36.5 Å². The van der Waals surface area contributed by atoms with Gasteiger partial charge >= 0.3 is 5.97 Å². The normalized spacial score (nSPS) is 10.6. The largest absolute Gasteiger partial charge is 0.478 e. The fourth-order valence-electron chi connectivity index (χ4n) is 1.81. The van der Waals surface area contributed by atoms with Gasteiger partial charge in [-0.25, -0.2) is 14.6 Å². The van der Waals surface area contributed by atoms with Crippen molar-refractivity contribution in [1.29, 1.82) is 0 Å². The number of aromatic carboxylic acids is 1. The third kappa shape index (κ3) is 4.24. The van der Waals surface area contributed by atoms with Crippen LogP contribution in [-0.2, 0) is 11.2 Å². The summed E-state index contributed by atoms with van der Waals surface area (Å²) in [5.41, 5.74) is 3.44. The summed E-state index contributed by atoms with van der Waals surface area (Å²) in [4.78, 5) is 22.7. The molecule has 0 bridgehead atoms. The van der Waals surface area contributed by atoms with Crippen molar-refractivity contribution in [2.24, 2.45) is 5.10 Å². The molecule has 0 aliphatic rings. The maximum atomic E-state index is 12.7. The molecule has 2 aromatic rings. The molecule has 5 nitrogen and oxygen atoms in total. The minimum absolute atomic E-state index is 0.0538. The number of hydrazone groups is 1. The predicted octanol–water partition coefficient (Wildman–Crippen LogP) is 2.22. The maximum Gasteiger partial charge on any atom is 0.336 e. The van der Waals surface area contributed by atoms with Gasteiger partial charge in [0.1, 0.15) is 5.82 Å². The van der Waals surface area contributed by atoms with Gasteiger partial charge in [-0.15, -0.1) is 0 Å². The van der Waals surface area contributed by atoms with Crippen LogP contribution in [0.25, 0.3) is 0 Å². The van der Waals surface area contributed by atoms with Crippen LogP contribution >= 0.6 is 0 Å². The van der Waals surface area contributed by atoms with Crippen LogP contribution in [0.4, 0.5) is 4.39 Å². The van der Waals surface area contributed by atoms with Gasteiger partial charge in [-0.3, -0.25) is 4.79 Å². The second-order valence-corrected chi connectivity index (χ2v) is 4.49. The van der Waals surface area contributed by atoms with Crippen molar-refractivity contribution < 1.29 is 19.1 Å². The van der Waals surface area contributed by atoms with E-state index in [0.29, 0.717) is 11.1 Å². The van der Waals surface area contributed by atoms with E-state index >= 15 is 0 Å². The number of halogens is 1. The van der Waals surface area contributed by atoms with Gasteiger partial charge in [0.2, 0.25) is 5.91 Å². The summed E-state index contributed by atoms with van der Waals surface area (Å²) < 4.78 is 12.7. The Balaban J connectivity index is 1.96. The number of hydrogen-bond acceptors (Lipinski definition) is 3. The SMILES string of the molecule is O=C(Cc1ccc(F)cc1)NN=Cc1ccccc1C(=O)O. The Morgan fingerprint density at radius 2 is 1.82 bits per heavy atom. The van der Waals surface area contributed by atoms with Crippen LogP contribution in [0.1, 0.15) is 21.5 Å². The Labute approximate surface area is 126 Å². The number of nitrogens with one attached hydrogen (secondary N) is 1. The predicted molar refractivity (Wildman–Crippen MR) is 79.2 cm³/mol. The first-order chi connectivity index (χ1) is 10.6. The fourth-order valence-corrected chi connectivity index (χ4v) is 1.81. The highest BCUT2D eigenvalue weighted by molar-refractivity contribution is 5.98. The molecule has 0 heterocycles. The molecular weight excluding hydrogens is 287 g/mol. The van der Waals surface area contributed by atoms with Crippen LogP contribution in [0.5, 0.6) is 0 Å². The molecule has 2 rings (SSSR count). The van der Waals surface area contributed by atoms with E-state index in [2.05, 4.69) is 10.5 Å². The minimum atomic E-state index is -1.07. The zero-order valence-electron chi connectivity index (χ0n) is 11.5. The Morgan fingerprint density at radius 3 is 2.50 bits per heavy atom. The monoisotopic (exact) mass is 300 g/mol. The van der Waals surface area contributed by atoms with Gasteiger partial charge in [-0.2, -0.15) is 5.10 Å². The second-order valence-electron chi connectivity index (χ2n) is 4.49. The number of carboxylic acid groups (broad SMARTS) is 1. The van der Waals surface area contributed by atoms with Gasteiger partial charge in [-0.05, 0) is 23.8 Å². The summed E-state index contributed by atoms with van der Waals surface area (Å²) in [7, 11) is 0. The number of carboxylic acids is 1. The number of rotatable bonds is 5. The molecule has 0 spiro atoms. The maximum absolute atomic E-state index is 12.7. The van der Waals surface area contributed by atoms with E-state index in [9.17, 15) is 14.0 Å². The quantitative estimate of drug-likeness (QED) is 0.656. The highest BCUT2D eigenvalue weighted by Crippen LogP contribution is 2.06. The summed E-state index contributed by atoms with van der Waals surface area (Å²) >= 11 is 0. The highest BCUT2D eigenvalue weighted by Gasteiger charge is 2.07. The van der Waals surface area contributed by atoms with Gasteiger partial charge < -0.3 is 5.11 Å². The van der Waals surface area contributed by atoms with Crippen molar-refractivity contribution in [3.05, 3.63) is 71.0 Å². The molecule has 0 aliphatic carbocycles. The van der Waals surface area contributed by atoms with E-state index in [4.69, 9.17) is 5.11 Å². The number of nitrogens with zero attached hydrogens (tertiary/aromatic N) is 1. The molecular formula is C16H13FN2O3. The molecule has 0 fully saturated rings. The molecule has 22 heavy (non-hydrogen) atoms. The van der Waals surface area contributed by atoms with Crippen molar-refractivity contribution in [3.8, 4) is 0 Å². The van der Waals surface area contributed by atoms with Gasteiger partial charge in [0, 0.05) is 5.56 Å². The molecule has 0 unspecified atom stereocenters. The lowest BCUT2D eigenvalue weighted by Gasteiger charge is -2.01. The first-order valence-corrected chi connectivity index (χ1v) is 6.45. The number of amides is 1. The first kappa shape index (κ1) is 15.4. The van der Waals surface area contributed by atoms with E-state index in [0.717, 1.165) is 0 Å². The van der Waals surface area contributed by atoms with Crippen LogP contribution in [0.2, 0.25) is 0 Å². The van der Waals surface area contributed by atoms with Crippen molar-refractivity contribution in [3.63, 3.8) is 0 Å². The van der Waals surface area contributed by atoms with Gasteiger partial charge in [0.15, 0.2) is 0 Å². The lowest BCUT2D eigenvalue weighted by atomic mass is 10.1. The van der Waals surface area contributed by atoms with Crippen molar-refractivity contribution in [1.82, 2.24) is 5.43 Å². The lowest BCUT2D eigenvalue weighted by molar-refractivity contribution is -0.120. The van der Waals surface area contributed by atoms with E-state index in [-0.39, 0.29) is 23.7 Å². The number of carbonyl (C=O) groups is 2. The molecule has 0 atom stereocenters. The molecule has 0 radical (unpaired) electrons. The van der Waals surface area contributed by atoms with Gasteiger partial charge in [0.25, 0.3) is 0 Å². The molecule has 2 aromatic carbocycles. The highest BCUT2D eigenvalue weighted by atomic mass is 19.1. The smallest absolute Gasteiger partial charge is 0.336 e. The lowest BCUT2D eigenvalue weighted by Crippen LogP contribution is -2.20. The first-order valence-electron chi connectivity index (χ1n) is 6.45. The van der Waals surface area contributed by atoms with Gasteiger partial charge in [0.05, 0.1) is 18.2 Å². The Bertz CT molecular complexity index is 712. The molecule has 0 saturated heterocycles. The summed E-state index contributed by atoms with van der Waals surface area (Å²) in [6.45, 7) is 0. The van der Waals surface area contributed by atoms with Crippen LogP contribution in [0, 0.1) is 5.82 Å². The third-order valence-electron chi connectivity index (χ3n) is 2.86. The van der Waals surface area contributed by atoms with Crippen LogP contribution in [0.3, 0.4) is 0 Å². The molecule has 2 N–H and O–H groups in total. The Kier molecular flexibility index (Phi) is 4.98. The molecule has 0 aliphatic heterocycles. The number of benzene rings is 2. The molecule has 1 amide bonds. The van der Waals surface area contributed by atoms with Gasteiger partial charge in [-0.1, -0.05) is 30.3 Å². The van der Waals surface area contributed by atoms with Crippen LogP contribution in [-0.4, -0.2) is 23.2 Å². The van der Waals surface area contributed by atoms with Crippen molar-refractivity contribution >= 4 is 18.1 Å². The molecule has 0 saturated carbocycles. The summed E-state index contributed by atoms with van der Waals surface area (Å²) in [6, 6.07) is 11.9.